The van der Waals surface area contributed by atoms with Gasteiger partial charge in [-0.25, -0.2) is 4.39 Å². The van der Waals surface area contributed by atoms with Crippen LogP contribution in [0.5, 0.6) is 0 Å². The molecule has 0 aliphatic heterocycles. The van der Waals surface area contributed by atoms with Gasteiger partial charge in [-0.1, -0.05) is 24.1 Å². The fourth-order valence-corrected chi connectivity index (χ4v) is 2.39. The molecule has 18 heavy (non-hydrogen) atoms. The summed E-state index contributed by atoms with van der Waals surface area (Å²) in [6, 6.07) is 7.18. The van der Waals surface area contributed by atoms with E-state index in [-0.39, 0.29) is 16.3 Å². The molecule has 0 amide bonds. The zero-order valence-electron chi connectivity index (χ0n) is 10.2. The third-order valence-corrected chi connectivity index (χ3v) is 3.88. The fraction of sp³-hybridized carbons (Fsp3) is 0.500. The third kappa shape index (κ3) is 3.01. The molecule has 1 aromatic carbocycles. The van der Waals surface area contributed by atoms with Gasteiger partial charge in [0.05, 0.1) is 16.5 Å². The van der Waals surface area contributed by atoms with E-state index in [2.05, 4.69) is 11.4 Å². The summed E-state index contributed by atoms with van der Waals surface area (Å²) < 4.78 is 13.0. The Kier molecular flexibility index (Phi) is 4.21. The van der Waals surface area contributed by atoms with E-state index in [1.807, 2.05) is 0 Å². The maximum absolute atomic E-state index is 13.0. The van der Waals surface area contributed by atoms with Gasteiger partial charge in [-0.15, -0.1) is 0 Å². The molecule has 0 heterocycles. The number of halogens is 2. The van der Waals surface area contributed by atoms with E-state index >= 15 is 0 Å². The average Bonchev–Trinajstić information content (AvgIpc) is 2.32. The van der Waals surface area contributed by atoms with E-state index in [0.717, 1.165) is 44.3 Å². The predicted molar refractivity (Wildman–Crippen MR) is 69.9 cm³/mol. The molecule has 0 aromatic heterocycles. The van der Waals surface area contributed by atoms with Crippen molar-refractivity contribution >= 4 is 11.6 Å². The summed E-state index contributed by atoms with van der Waals surface area (Å²) in [4.78, 5) is 0. The number of nitrogens with one attached hydrogen (secondary N) is 1. The summed E-state index contributed by atoms with van der Waals surface area (Å²) in [5, 5.41) is 12.5. The Hall–Kier alpha value is -1.11. The second-order valence-corrected chi connectivity index (χ2v) is 5.33. The van der Waals surface area contributed by atoms with Crippen LogP contribution in [0.4, 0.5) is 4.39 Å². The first-order chi connectivity index (χ1) is 8.65. The maximum Gasteiger partial charge on any atom is 0.141 e. The van der Waals surface area contributed by atoms with Crippen molar-refractivity contribution < 1.29 is 4.39 Å². The van der Waals surface area contributed by atoms with Gasteiger partial charge in [-0.3, -0.25) is 0 Å². The number of hydrogen-bond donors (Lipinski definition) is 1. The van der Waals surface area contributed by atoms with Gasteiger partial charge in [0.15, 0.2) is 0 Å². The van der Waals surface area contributed by atoms with Crippen LogP contribution in [-0.4, -0.2) is 13.1 Å². The Balaban J connectivity index is 1.75. The Morgan fingerprint density at radius 2 is 2.22 bits per heavy atom. The van der Waals surface area contributed by atoms with Crippen LogP contribution in [0, 0.1) is 22.6 Å². The summed E-state index contributed by atoms with van der Waals surface area (Å²) >= 11 is 5.71. The Bertz CT molecular complexity index is 463. The van der Waals surface area contributed by atoms with Crippen molar-refractivity contribution in [1.29, 1.82) is 5.26 Å². The highest BCUT2D eigenvalue weighted by molar-refractivity contribution is 6.30. The topological polar surface area (TPSA) is 35.8 Å². The molecule has 1 N–H and O–H groups in total. The normalized spacial score (nSPS) is 16.9. The van der Waals surface area contributed by atoms with Crippen molar-refractivity contribution in [2.24, 2.45) is 5.41 Å². The first-order valence-electron chi connectivity index (χ1n) is 6.21. The first kappa shape index (κ1) is 13.3. The van der Waals surface area contributed by atoms with Crippen LogP contribution in [0.3, 0.4) is 0 Å². The zero-order chi connectivity index (χ0) is 13.0. The van der Waals surface area contributed by atoms with Gasteiger partial charge in [0.25, 0.3) is 0 Å². The minimum atomic E-state index is -0.383. The van der Waals surface area contributed by atoms with E-state index in [1.54, 1.807) is 12.1 Å². The minimum absolute atomic E-state index is 0.138. The average molecular weight is 267 g/mol. The van der Waals surface area contributed by atoms with E-state index < -0.39 is 0 Å². The molecule has 0 spiro atoms. The Labute approximate surface area is 112 Å². The SMILES string of the molecule is N#CC1(CNCCc2ccc(F)c(Cl)c2)CCC1. The number of nitrogens with zero attached hydrogens (tertiary/aromatic N) is 1. The van der Waals surface area contributed by atoms with Crippen LogP contribution in [0.15, 0.2) is 18.2 Å². The summed E-state index contributed by atoms with van der Waals surface area (Å²) in [6.45, 7) is 1.53. The lowest BCUT2D eigenvalue weighted by Crippen LogP contribution is -2.39. The van der Waals surface area contributed by atoms with E-state index in [9.17, 15) is 4.39 Å². The molecule has 1 aliphatic carbocycles. The Morgan fingerprint density at radius 1 is 1.44 bits per heavy atom. The van der Waals surface area contributed by atoms with Crippen molar-refractivity contribution in [1.82, 2.24) is 5.32 Å². The van der Waals surface area contributed by atoms with Gasteiger partial charge in [-0.2, -0.15) is 5.26 Å². The lowest BCUT2D eigenvalue weighted by molar-refractivity contribution is 0.208. The zero-order valence-corrected chi connectivity index (χ0v) is 10.9. The quantitative estimate of drug-likeness (QED) is 0.830. The molecule has 0 atom stereocenters. The molecule has 2 nitrogen and oxygen atoms in total. The minimum Gasteiger partial charge on any atom is -0.315 e. The molecule has 1 saturated carbocycles. The lowest BCUT2D eigenvalue weighted by atomic mass is 9.70. The molecule has 1 aromatic rings. The van der Waals surface area contributed by atoms with Crippen LogP contribution < -0.4 is 5.32 Å². The standard InChI is InChI=1S/C14H16ClFN2/c15-12-8-11(2-3-13(12)16)4-7-18-10-14(9-17)5-1-6-14/h2-3,8,18H,1,4-7,10H2. The number of benzene rings is 1. The fourth-order valence-electron chi connectivity index (χ4n) is 2.19. The summed E-state index contributed by atoms with van der Waals surface area (Å²) in [5.41, 5.74) is 0.869. The number of nitriles is 1. The molecule has 0 saturated heterocycles. The van der Waals surface area contributed by atoms with E-state index in [0.29, 0.717) is 0 Å². The molecule has 0 bridgehead atoms. The highest BCUT2D eigenvalue weighted by Crippen LogP contribution is 2.39. The van der Waals surface area contributed by atoms with Crippen molar-refractivity contribution in [3.05, 3.63) is 34.6 Å². The molecule has 4 heteroatoms. The highest BCUT2D eigenvalue weighted by Gasteiger charge is 2.36. The van der Waals surface area contributed by atoms with Crippen molar-refractivity contribution in [2.75, 3.05) is 13.1 Å². The van der Waals surface area contributed by atoms with Crippen molar-refractivity contribution in [3.8, 4) is 6.07 Å². The Morgan fingerprint density at radius 3 is 2.78 bits per heavy atom. The summed E-state index contributed by atoms with van der Waals surface area (Å²) in [7, 11) is 0. The van der Waals surface area contributed by atoms with Gasteiger partial charge in [0.2, 0.25) is 0 Å². The molecule has 0 radical (unpaired) electrons. The second-order valence-electron chi connectivity index (χ2n) is 4.92. The van der Waals surface area contributed by atoms with Crippen LogP contribution in [0.2, 0.25) is 5.02 Å². The van der Waals surface area contributed by atoms with Gasteiger partial charge < -0.3 is 5.32 Å². The molecule has 96 valence electrons. The van der Waals surface area contributed by atoms with Gasteiger partial charge >= 0.3 is 0 Å². The molecule has 1 aliphatic rings. The third-order valence-electron chi connectivity index (χ3n) is 3.59. The van der Waals surface area contributed by atoms with Crippen molar-refractivity contribution in [2.45, 2.75) is 25.7 Å². The predicted octanol–water partition coefficient (Wildman–Crippen LogP) is 3.31. The first-order valence-corrected chi connectivity index (χ1v) is 6.59. The maximum atomic E-state index is 13.0. The monoisotopic (exact) mass is 266 g/mol. The molecule has 0 unspecified atom stereocenters. The largest absolute Gasteiger partial charge is 0.315 e. The highest BCUT2D eigenvalue weighted by atomic mass is 35.5. The second kappa shape index (κ2) is 5.69. The molecular formula is C14H16ClFN2. The van der Waals surface area contributed by atoms with Gasteiger partial charge in [0.1, 0.15) is 5.82 Å². The van der Waals surface area contributed by atoms with Crippen LogP contribution in [0.25, 0.3) is 0 Å². The van der Waals surface area contributed by atoms with Crippen LogP contribution >= 0.6 is 11.6 Å². The van der Waals surface area contributed by atoms with Crippen LogP contribution in [-0.2, 0) is 6.42 Å². The van der Waals surface area contributed by atoms with Gasteiger partial charge in [0, 0.05) is 6.54 Å². The molecule has 2 rings (SSSR count). The number of hydrogen-bond acceptors (Lipinski definition) is 2. The molecular weight excluding hydrogens is 251 g/mol. The van der Waals surface area contributed by atoms with Gasteiger partial charge in [-0.05, 0) is 43.5 Å². The van der Waals surface area contributed by atoms with Crippen molar-refractivity contribution in [3.63, 3.8) is 0 Å². The van der Waals surface area contributed by atoms with E-state index in [1.165, 1.54) is 6.07 Å². The molecule has 1 fully saturated rings. The summed E-state index contributed by atoms with van der Waals surface area (Å²) in [6.07, 6.45) is 3.95. The van der Waals surface area contributed by atoms with E-state index in [4.69, 9.17) is 16.9 Å². The van der Waals surface area contributed by atoms with Crippen LogP contribution in [0.1, 0.15) is 24.8 Å². The smallest absolute Gasteiger partial charge is 0.141 e. The lowest BCUT2D eigenvalue weighted by Gasteiger charge is -2.35. The summed E-state index contributed by atoms with van der Waals surface area (Å²) in [5.74, 6) is -0.383. The number of rotatable bonds is 5.